The Morgan fingerprint density at radius 2 is 1.76 bits per heavy atom. The van der Waals surface area contributed by atoms with Crippen molar-refractivity contribution in [2.75, 3.05) is 13.7 Å². The summed E-state index contributed by atoms with van der Waals surface area (Å²) in [5.41, 5.74) is 6.93. The predicted octanol–water partition coefficient (Wildman–Crippen LogP) is 2.59. The number of benzene rings is 1. The molecule has 0 heterocycles. The molecular formula is C14H23NO2. The molecule has 1 atom stereocenters. The molecule has 1 unspecified atom stereocenters. The van der Waals surface area contributed by atoms with Crippen molar-refractivity contribution in [2.45, 2.75) is 33.5 Å². The van der Waals surface area contributed by atoms with E-state index in [-0.39, 0.29) is 11.5 Å². The zero-order chi connectivity index (χ0) is 12.9. The highest BCUT2D eigenvalue weighted by molar-refractivity contribution is 5.26. The second kappa shape index (κ2) is 6.03. The molecule has 1 rings (SSSR count). The fourth-order valence-corrected chi connectivity index (χ4v) is 1.59. The fourth-order valence-electron chi connectivity index (χ4n) is 1.59. The highest BCUT2D eigenvalue weighted by Gasteiger charge is 2.23. The maximum atomic E-state index is 5.85. The Hall–Kier alpha value is -1.06. The van der Waals surface area contributed by atoms with Crippen LogP contribution in [-0.4, -0.2) is 19.8 Å². The van der Waals surface area contributed by atoms with Crippen LogP contribution >= 0.6 is 0 Å². The van der Waals surface area contributed by atoms with E-state index in [1.165, 1.54) is 0 Å². The Morgan fingerprint density at radius 1 is 1.18 bits per heavy atom. The molecule has 2 N–H and O–H groups in total. The molecule has 1 aromatic carbocycles. The van der Waals surface area contributed by atoms with Gasteiger partial charge in [0.2, 0.25) is 0 Å². The van der Waals surface area contributed by atoms with E-state index in [0.29, 0.717) is 13.2 Å². The Morgan fingerprint density at radius 3 is 2.18 bits per heavy atom. The third-order valence-corrected chi connectivity index (χ3v) is 2.79. The van der Waals surface area contributed by atoms with Crippen molar-refractivity contribution in [3.63, 3.8) is 0 Å². The van der Waals surface area contributed by atoms with Gasteiger partial charge >= 0.3 is 0 Å². The van der Waals surface area contributed by atoms with Crippen molar-refractivity contribution in [3.8, 4) is 5.75 Å². The van der Waals surface area contributed by atoms with Gasteiger partial charge in [-0.2, -0.15) is 0 Å². The van der Waals surface area contributed by atoms with E-state index in [1.807, 2.05) is 24.3 Å². The van der Waals surface area contributed by atoms with Gasteiger partial charge < -0.3 is 15.2 Å². The quantitative estimate of drug-likeness (QED) is 0.856. The van der Waals surface area contributed by atoms with Crippen LogP contribution in [0.5, 0.6) is 5.75 Å². The molecule has 0 aliphatic heterocycles. The first-order chi connectivity index (χ1) is 7.97. The topological polar surface area (TPSA) is 44.5 Å². The molecule has 0 spiro atoms. The highest BCUT2D eigenvalue weighted by atomic mass is 16.5. The van der Waals surface area contributed by atoms with Gasteiger partial charge in [-0.25, -0.2) is 0 Å². The molecule has 0 bridgehead atoms. The van der Waals surface area contributed by atoms with Crippen molar-refractivity contribution in [1.29, 1.82) is 0 Å². The number of nitrogens with two attached hydrogens (primary N) is 1. The molecule has 0 fully saturated rings. The summed E-state index contributed by atoms with van der Waals surface area (Å²) in [6, 6.07) is 7.89. The van der Waals surface area contributed by atoms with Crippen LogP contribution in [0.25, 0.3) is 0 Å². The summed E-state index contributed by atoms with van der Waals surface area (Å²) in [4.78, 5) is 0. The van der Waals surface area contributed by atoms with E-state index in [1.54, 1.807) is 7.11 Å². The highest BCUT2D eigenvalue weighted by Crippen LogP contribution is 2.22. The van der Waals surface area contributed by atoms with Gasteiger partial charge in [-0.05, 0) is 23.1 Å². The van der Waals surface area contributed by atoms with Crippen LogP contribution in [-0.2, 0) is 11.3 Å². The van der Waals surface area contributed by atoms with Crippen molar-refractivity contribution in [2.24, 2.45) is 11.1 Å². The van der Waals surface area contributed by atoms with Crippen molar-refractivity contribution in [1.82, 2.24) is 0 Å². The lowest BCUT2D eigenvalue weighted by Gasteiger charge is -2.29. The number of hydrogen-bond donors (Lipinski definition) is 1. The van der Waals surface area contributed by atoms with Crippen molar-refractivity contribution >= 4 is 0 Å². The summed E-state index contributed by atoms with van der Waals surface area (Å²) in [6.45, 7) is 7.54. The largest absolute Gasteiger partial charge is 0.497 e. The van der Waals surface area contributed by atoms with E-state index in [4.69, 9.17) is 15.2 Å². The normalized spacial score (nSPS) is 13.5. The summed E-state index contributed by atoms with van der Waals surface area (Å²) in [5, 5.41) is 0. The Kier molecular flexibility index (Phi) is 4.97. The van der Waals surface area contributed by atoms with Crippen LogP contribution in [0.4, 0.5) is 0 Å². The first kappa shape index (κ1) is 14.0. The molecule has 3 nitrogen and oxygen atoms in total. The first-order valence-corrected chi connectivity index (χ1v) is 5.92. The minimum Gasteiger partial charge on any atom is -0.497 e. The average Bonchev–Trinajstić information content (AvgIpc) is 2.29. The fraction of sp³-hybridized carbons (Fsp3) is 0.571. The molecule has 0 saturated carbocycles. The Bertz CT molecular complexity index is 327. The average molecular weight is 237 g/mol. The van der Waals surface area contributed by atoms with E-state index in [9.17, 15) is 0 Å². The molecule has 0 aromatic heterocycles. The maximum Gasteiger partial charge on any atom is 0.118 e. The minimum absolute atomic E-state index is 0.0707. The number of ether oxygens (including phenoxy) is 2. The smallest absolute Gasteiger partial charge is 0.118 e. The van der Waals surface area contributed by atoms with Crippen LogP contribution < -0.4 is 10.5 Å². The number of rotatable bonds is 5. The van der Waals surface area contributed by atoms with Crippen LogP contribution in [0.1, 0.15) is 26.3 Å². The van der Waals surface area contributed by atoms with Gasteiger partial charge in [0.15, 0.2) is 0 Å². The zero-order valence-corrected chi connectivity index (χ0v) is 11.2. The number of hydrogen-bond acceptors (Lipinski definition) is 3. The van der Waals surface area contributed by atoms with Crippen LogP contribution in [0.15, 0.2) is 24.3 Å². The molecular weight excluding hydrogens is 214 g/mol. The molecule has 96 valence electrons. The summed E-state index contributed by atoms with van der Waals surface area (Å²) in [7, 11) is 1.66. The minimum atomic E-state index is 0.0707. The van der Waals surface area contributed by atoms with E-state index < -0.39 is 0 Å². The zero-order valence-electron chi connectivity index (χ0n) is 11.2. The summed E-state index contributed by atoms with van der Waals surface area (Å²) in [5.74, 6) is 0.861. The number of methoxy groups -OCH3 is 1. The van der Waals surface area contributed by atoms with Gasteiger partial charge in [0.25, 0.3) is 0 Å². The van der Waals surface area contributed by atoms with Gasteiger partial charge in [-0.15, -0.1) is 0 Å². The second-order valence-corrected chi connectivity index (χ2v) is 5.25. The van der Waals surface area contributed by atoms with Crippen molar-refractivity contribution in [3.05, 3.63) is 29.8 Å². The molecule has 0 aliphatic carbocycles. The van der Waals surface area contributed by atoms with Gasteiger partial charge in [0.05, 0.1) is 19.8 Å². The molecule has 0 saturated heterocycles. The molecule has 1 aromatic rings. The monoisotopic (exact) mass is 237 g/mol. The Labute approximate surface area is 104 Å². The van der Waals surface area contributed by atoms with Crippen LogP contribution in [0.3, 0.4) is 0 Å². The molecule has 17 heavy (non-hydrogen) atoms. The SMILES string of the molecule is COc1ccc(COC(CN)C(C)(C)C)cc1. The summed E-state index contributed by atoms with van der Waals surface area (Å²) in [6.07, 6.45) is 0.0737. The first-order valence-electron chi connectivity index (χ1n) is 5.92. The molecule has 3 heteroatoms. The molecule has 0 amide bonds. The molecule has 0 aliphatic rings. The predicted molar refractivity (Wildman–Crippen MR) is 70.1 cm³/mol. The lowest BCUT2D eigenvalue weighted by molar-refractivity contribution is -0.0216. The van der Waals surface area contributed by atoms with Crippen LogP contribution in [0, 0.1) is 5.41 Å². The maximum absolute atomic E-state index is 5.85. The van der Waals surface area contributed by atoms with Crippen LogP contribution in [0.2, 0.25) is 0 Å². The lowest BCUT2D eigenvalue weighted by Crippen LogP contribution is -2.36. The third kappa shape index (κ3) is 4.36. The molecule has 0 radical (unpaired) electrons. The van der Waals surface area contributed by atoms with Gasteiger partial charge in [-0.3, -0.25) is 0 Å². The summed E-state index contributed by atoms with van der Waals surface area (Å²) >= 11 is 0. The Balaban J connectivity index is 2.54. The van der Waals surface area contributed by atoms with Gasteiger partial charge in [0.1, 0.15) is 5.75 Å². The van der Waals surface area contributed by atoms with Gasteiger partial charge in [-0.1, -0.05) is 32.9 Å². The van der Waals surface area contributed by atoms with E-state index in [0.717, 1.165) is 11.3 Å². The van der Waals surface area contributed by atoms with E-state index >= 15 is 0 Å². The van der Waals surface area contributed by atoms with E-state index in [2.05, 4.69) is 20.8 Å². The lowest BCUT2D eigenvalue weighted by atomic mass is 9.89. The van der Waals surface area contributed by atoms with Gasteiger partial charge in [0, 0.05) is 6.54 Å². The van der Waals surface area contributed by atoms with Crippen molar-refractivity contribution < 1.29 is 9.47 Å². The second-order valence-electron chi connectivity index (χ2n) is 5.25. The summed E-state index contributed by atoms with van der Waals surface area (Å²) < 4.78 is 11.0. The third-order valence-electron chi connectivity index (χ3n) is 2.79. The standard InChI is InChI=1S/C14H23NO2/c1-14(2,3)13(9-15)17-10-11-5-7-12(16-4)8-6-11/h5-8,13H,9-10,15H2,1-4H3.